The molecule has 0 aliphatic carbocycles. The number of methoxy groups -OCH3 is 2. The van der Waals surface area contributed by atoms with Crippen LogP contribution in [0.15, 0.2) is 60.5 Å². The molecule has 4 rings (SSSR count). The van der Waals surface area contributed by atoms with E-state index in [0.29, 0.717) is 40.3 Å². The van der Waals surface area contributed by atoms with E-state index < -0.39 is 0 Å². The van der Waals surface area contributed by atoms with Crippen molar-refractivity contribution in [2.24, 2.45) is 0 Å². The average Bonchev–Trinajstić information content (AvgIpc) is 3.32. The number of rotatable bonds is 8. The normalized spacial score (nSPS) is 12.8. The highest BCUT2D eigenvalue weighted by Gasteiger charge is 2.25. The van der Waals surface area contributed by atoms with Crippen LogP contribution in [0.5, 0.6) is 17.2 Å². The Morgan fingerprint density at radius 1 is 1.24 bits per heavy atom. The summed E-state index contributed by atoms with van der Waals surface area (Å²) in [5.41, 5.74) is 2.96. The van der Waals surface area contributed by atoms with Gasteiger partial charge in [0.2, 0.25) is 5.91 Å². The number of carbonyl (C=O) groups excluding carboxylic acids is 2. The summed E-state index contributed by atoms with van der Waals surface area (Å²) < 4.78 is 16.0. The Morgan fingerprint density at radius 3 is 2.82 bits per heavy atom. The van der Waals surface area contributed by atoms with Gasteiger partial charge in [0.1, 0.15) is 5.75 Å². The summed E-state index contributed by atoms with van der Waals surface area (Å²) in [6.45, 7) is 4.12. The molecule has 0 spiro atoms. The van der Waals surface area contributed by atoms with E-state index in [9.17, 15) is 9.59 Å². The molecule has 2 amide bonds. The Labute approximate surface area is 201 Å². The maximum atomic E-state index is 12.4. The quantitative estimate of drug-likeness (QED) is 0.382. The molecule has 174 valence electrons. The molecule has 0 fully saturated rings. The van der Waals surface area contributed by atoms with Gasteiger partial charge < -0.3 is 19.1 Å². The van der Waals surface area contributed by atoms with Crippen LogP contribution in [0.2, 0.25) is 0 Å². The number of thiazole rings is 1. The van der Waals surface area contributed by atoms with Crippen molar-refractivity contribution in [1.82, 2.24) is 4.98 Å². The van der Waals surface area contributed by atoms with Crippen LogP contribution in [-0.2, 0) is 9.59 Å². The fraction of sp³-hybridized carbons (Fsp3) is 0.160. The van der Waals surface area contributed by atoms with Crippen LogP contribution in [-0.4, -0.2) is 44.2 Å². The maximum absolute atomic E-state index is 12.4. The molecule has 1 aliphatic rings. The molecule has 34 heavy (non-hydrogen) atoms. The van der Waals surface area contributed by atoms with Crippen LogP contribution >= 0.6 is 11.3 Å². The number of anilines is 2. The molecule has 0 unspecified atom stereocenters. The summed E-state index contributed by atoms with van der Waals surface area (Å²) in [6.07, 6.45) is 4.78. The SMILES string of the molecule is C=CCN1C(=O)COc2ccc(-c3csc(NC(=O)/C=C/c4ccc(OC)c(OC)c4)n3)cc21. The highest BCUT2D eigenvalue weighted by Crippen LogP contribution is 2.36. The van der Waals surface area contributed by atoms with Gasteiger partial charge in [-0.05, 0) is 42.0 Å². The van der Waals surface area contributed by atoms with Gasteiger partial charge in [-0.1, -0.05) is 12.1 Å². The summed E-state index contributed by atoms with van der Waals surface area (Å²) in [4.78, 5) is 30.8. The van der Waals surface area contributed by atoms with Crippen LogP contribution in [0.25, 0.3) is 17.3 Å². The summed E-state index contributed by atoms with van der Waals surface area (Å²) in [6, 6.07) is 10.9. The molecule has 0 atom stereocenters. The van der Waals surface area contributed by atoms with E-state index >= 15 is 0 Å². The van der Waals surface area contributed by atoms with Crippen LogP contribution in [0.4, 0.5) is 10.8 Å². The zero-order valence-electron chi connectivity index (χ0n) is 18.7. The Hall–Kier alpha value is -4.11. The standard InChI is InChI=1S/C25H23N3O5S/c1-4-11-28-19-13-17(7-9-20(19)33-14-24(28)30)18-15-34-25(26-18)27-23(29)10-6-16-5-8-21(31-2)22(12-16)32-3/h4-10,12-13,15H,1,11,14H2,2-3H3,(H,26,27,29)/b10-6+. The minimum absolute atomic E-state index is 0.00386. The van der Waals surface area contributed by atoms with Crippen molar-refractivity contribution < 1.29 is 23.8 Å². The van der Waals surface area contributed by atoms with E-state index in [1.807, 2.05) is 29.6 Å². The molecule has 0 radical (unpaired) electrons. The second kappa shape index (κ2) is 10.2. The molecule has 9 heteroatoms. The lowest BCUT2D eigenvalue weighted by Crippen LogP contribution is -2.38. The van der Waals surface area contributed by atoms with Gasteiger partial charge >= 0.3 is 0 Å². The number of nitrogens with zero attached hydrogens (tertiary/aromatic N) is 2. The minimum Gasteiger partial charge on any atom is -0.493 e. The van der Waals surface area contributed by atoms with E-state index in [4.69, 9.17) is 14.2 Å². The molecule has 2 aromatic carbocycles. The molecular formula is C25H23N3O5S. The van der Waals surface area contributed by atoms with Gasteiger partial charge in [0.05, 0.1) is 25.6 Å². The zero-order chi connectivity index (χ0) is 24.1. The summed E-state index contributed by atoms with van der Waals surface area (Å²) in [5.74, 6) is 1.40. The summed E-state index contributed by atoms with van der Waals surface area (Å²) in [5, 5.41) is 5.08. The van der Waals surface area contributed by atoms with Gasteiger partial charge in [-0.25, -0.2) is 4.98 Å². The second-order valence-electron chi connectivity index (χ2n) is 7.24. The lowest BCUT2D eigenvalue weighted by Gasteiger charge is -2.28. The van der Waals surface area contributed by atoms with Crippen molar-refractivity contribution in [3.8, 4) is 28.5 Å². The van der Waals surface area contributed by atoms with Gasteiger partial charge in [0.15, 0.2) is 23.2 Å². The van der Waals surface area contributed by atoms with Crippen molar-refractivity contribution >= 4 is 40.0 Å². The van der Waals surface area contributed by atoms with Crippen molar-refractivity contribution in [3.05, 3.63) is 66.1 Å². The van der Waals surface area contributed by atoms with Crippen molar-refractivity contribution in [2.45, 2.75) is 0 Å². The van der Waals surface area contributed by atoms with Crippen LogP contribution in [0.1, 0.15) is 5.56 Å². The number of ether oxygens (including phenoxy) is 3. The number of amides is 2. The summed E-state index contributed by atoms with van der Waals surface area (Å²) >= 11 is 1.31. The number of nitrogens with one attached hydrogen (secondary N) is 1. The highest BCUT2D eigenvalue weighted by atomic mass is 32.1. The molecule has 1 aromatic heterocycles. The maximum Gasteiger partial charge on any atom is 0.265 e. The minimum atomic E-state index is -0.308. The highest BCUT2D eigenvalue weighted by molar-refractivity contribution is 7.14. The lowest BCUT2D eigenvalue weighted by atomic mass is 10.1. The Balaban J connectivity index is 1.47. The van der Waals surface area contributed by atoms with E-state index in [0.717, 1.165) is 11.1 Å². The smallest absolute Gasteiger partial charge is 0.265 e. The monoisotopic (exact) mass is 477 g/mol. The number of hydrogen-bond acceptors (Lipinski definition) is 7. The van der Waals surface area contributed by atoms with Crippen LogP contribution < -0.4 is 24.4 Å². The Bertz CT molecular complexity index is 1270. The van der Waals surface area contributed by atoms with Gasteiger partial charge in [0, 0.05) is 23.6 Å². The Kier molecular flexibility index (Phi) is 6.93. The third-order valence-electron chi connectivity index (χ3n) is 5.08. The predicted molar refractivity (Wildman–Crippen MR) is 133 cm³/mol. The molecule has 3 aromatic rings. The number of hydrogen-bond donors (Lipinski definition) is 1. The topological polar surface area (TPSA) is 90.0 Å². The van der Waals surface area contributed by atoms with E-state index in [-0.39, 0.29) is 18.4 Å². The first-order valence-corrected chi connectivity index (χ1v) is 11.3. The molecule has 0 saturated heterocycles. The summed E-state index contributed by atoms with van der Waals surface area (Å²) in [7, 11) is 3.13. The number of fused-ring (bicyclic) bond motifs is 1. The fourth-order valence-electron chi connectivity index (χ4n) is 3.43. The van der Waals surface area contributed by atoms with Crippen LogP contribution in [0, 0.1) is 0 Å². The van der Waals surface area contributed by atoms with Gasteiger partial charge in [-0.15, -0.1) is 17.9 Å². The number of carbonyl (C=O) groups is 2. The van der Waals surface area contributed by atoms with Crippen molar-refractivity contribution in [1.29, 1.82) is 0 Å². The van der Waals surface area contributed by atoms with Gasteiger partial charge in [0.25, 0.3) is 5.91 Å². The molecular weight excluding hydrogens is 454 g/mol. The largest absolute Gasteiger partial charge is 0.493 e. The number of benzene rings is 2. The molecule has 2 heterocycles. The first kappa shape index (κ1) is 23.1. The number of aromatic nitrogens is 1. The average molecular weight is 478 g/mol. The van der Waals surface area contributed by atoms with Crippen molar-refractivity contribution in [3.63, 3.8) is 0 Å². The van der Waals surface area contributed by atoms with Crippen molar-refractivity contribution in [2.75, 3.05) is 37.6 Å². The Morgan fingerprint density at radius 2 is 2.06 bits per heavy atom. The third-order valence-corrected chi connectivity index (χ3v) is 5.84. The first-order chi connectivity index (χ1) is 16.5. The van der Waals surface area contributed by atoms with Gasteiger partial charge in [-0.2, -0.15) is 0 Å². The van der Waals surface area contributed by atoms with E-state index in [1.54, 1.807) is 43.4 Å². The molecule has 8 nitrogen and oxygen atoms in total. The first-order valence-electron chi connectivity index (χ1n) is 10.4. The fourth-order valence-corrected chi connectivity index (χ4v) is 4.15. The van der Waals surface area contributed by atoms with E-state index in [1.165, 1.54) is 17.4 Å². The molecule has 0 bridgehead atoms. The molecule has 0 saturated carbocycles. The molecule has 1 aliphatic heterocycles. The predicted octanol–water partition coefficient (Wildman–Crippen LogP) is 4.39. The second-order valence-corrected chi connectivity index (χ2v) is 8.10. The third kappa shape index (κ3) is 4.94. The van der Waals surface area contributed by atoms with E-state index in [2.05, 4.69) is 16.9 Å². The zero-order valence-corrected chi connectivity index (χ0v) is 19.6. The van der Waals surface area contributed by atoms with Gasteiger partial charge in [-0.3, -0.25) is 14.9 Å². The van der Waals surface area contributed by atoms with Crippen LogP contribution in [0.3, 0.4) is 0 Å². The molecule has 1 N–H and O–H groups in total. The lowest BCUT2D eigenvalue weighted by molar-refractivity contribution is -0.121.